The van der Waals surface area contributed by atoms with E-state index in [1.807, 2.05) is 0 Å². The van der Waals surface area contributed by atoms with Gasteiger partial charge in [0.05, 0.1) is 12.5 Å². The Morgan fingerprint density at radius 3 is 2.38 bits per heavy atom. The normalized spacial score (nSPS) is 14.2. The number of carboxylic acids is 1. The Bertz CT molecular complexity index is 158. The first kappa shape index (κ1) is 12.4. The van der Waals surface area contributed by atoms with Gasteiger partial charge in [-0.25, -0.2) is 0 Å². The lowest BCUT2D eigenvalue weighted by atomic mass is 9.93. The van der Waals surface area contributed by atoms with Crippen molar-refractivity contribution in [3.63, 3.8) is 0 Å². The number of carbonyl (C=O) groups is 1. The van der Waals surface area contributed by atoms with E-state index in [1.165, 1.54) is 0 Å². The Labute approximate surface area is 80.1 Å². The van der Waals surface area contributed by atoms with Gasteiger partial charge in [-0.15, -0.1) is 0 Å². The van der Waals surface area contributed by atoms with Crippen molar-refractivity contribution in [3.8, 4) is 0 Å². The van der Waals surface area contributed by atoms with Gasteiger partial charge in [-0.3, -0.25) is 4.79 Å². The first-order chi connectivity index (χ1) is 5.83. The van der Waals surface area contributed by atoms with Crippen molar-refractivity contribution in [1.29, 1.82) is 0 Å². The van der Waals surface area contributed by atoms with Crippen LogP contribution in [0.5, 0.6) is 0 Å². The molecule has 1 N–H and O–H groups in total. The van der Waals surface area contributed by atoms with E-state index < -0.39 is 11.9 Å². The van der Waals surface area contributed by atoms with E-state index >= 15 is 0 Å². The molecule has 0 aliphatic heterocycles. The minimum absolute atomic E-state index is 0.256. The minimum Gasteiger partial charge on any atom is -0.481 e. The molecular weight excluding hydrogens is 168 g/mol. The van der Waals surface area contributed by atoms with Crippen LogP contribution < -0.4 is 0 Å². The average Bonchev–Trinajstić information content (AvgIpc) is 1.95. The van der Waals surface area contributed by atoms with Crippen molar-refractivity contribution in [2.24, 2.45) is 11.3 Å². The SMILES string of the molecule is CC(COCCC(C)(C)C)C(=O)O. The third-order valence-electron chi connectivity index (χ3n) is 1.79. The monoisotopic (exact) mass is 188 g/mol. The van der Waals surface area contributed by atoms with Crippen LogP contribution in [0.4, 0.5) is 0 Å². The first-order valence-electron chi connectivity index (χ1n) is 4.63. The molecule has 1 unspecified atom stereocenters. The van der Waals surface area contributed by atoms with Gasteiger partial charge in [0, 0.05) is 6.61 Å². The van der Waals surface area contributed by atoms with Gasteiger partial charge < -0.3 is 9.84 Å². The first-order valence-corrected chi connectivity index (χ1v) is 4.63. The van der Waals surface area contributed by atoms with Crippen LogP contribution in [-0.4, -0.2) is 24.3 Å². The Kier molecular flexibility index (Phi) is 4.99. The van der Waals surface area contributed by atoms with Crippen molar-refractivity contribution in [2.45, 2.75) is 34.1 Å². The van der Waals surface area contributed by atoms with E-state index in [9.17, 15) is 4.79 Å². The topological polar surface area (TPSA) is 46.5 Å². The summed E-state index contributed by atoms with van der Waals surface area (Å²) in [6, 6.07) is 0. The Balaban J connectivity index is 3.41. The smallest absolute Gasteiger partial charge is 0.308 e. The molecule has 0 spiro atoms. The molecule has 3 nitrogen and oxygen atoms in total. The highest BCUT2D eigenvalue weighted by Crippen LogP contribution is 2.17. The molecule has 0 aromatic carbocycles. The van der Waals surface area contributed by atoms with Gasteiger partial charge in [0.1, 0.15) is 0 Å². The Hall–Kier alpha value is -0.570. The molecule has 0 aromatic heterocycles. The zero-order chi connectivity index (χ0) is 10.5. The summed E-state index contributed by atoms with van der Waals surface area (Å²) in [6.45, 7) is 9.01. The zero-order valence-electron chi connectivity index (χ0n) is 8.96. The highest BCUT2D eigenvalue weighted by Gasteiger charge is 2.12. The third kappa shape index (κ3) is 7.78. The molecule has 0 aliphatic rings. The van der Waals surface area contributed by atoms with Crippen LogP contribution >= 0.6 is 0 Å². The summed E-state index contributed by atoms with van der Waals surface area (Å²) in [5, 5.41) is 8.56. The van der Waals surface area contributed by atoms with E-state index in [0.717, 1.165) is 6.42 Å². The van der Waals surface area contributed by atoms with Crippen molar-refractivity contribution in [2.75, 3.05) is 13.2 Å². The predicted molar refractivity (Wildman–Crippen MR) is 51.7 cm³/mol. The van der Waals surface area contributed by atoms with Crippen LogP contribution in [0.15, 0.2) is 0 Å². The maximum absolute atomic E-state index is 10.4. The zero-order valence-corrected chi connectivity index (χ0v) is 8.96. The molecule has 13 heavy (non-hydrogen) atoms. The van der Waals surface area contributed by atoms with Crippen molar-refractivity contribution in [3.05, 3.63) is 0 Å². The number of aliphatic carboxylic acids is 1. The summed E-state index contributed by atoms with van der Waals surface area (Å²) < 4.78 is 5.25. The molecule has 0 heterocycles. The lowest BCUT2D eigenvalue weighted by Gasteiger charge is -2.18. The summed E-state index contributed by atoms with van der Waals surface area (Å²) in [7, 11) is 0. The fraction of sp³-hybridized carbons (Fsp3) is 0.900. The van der Waals surface area contributed by atoms with Gasteiger partial charge in [0.25, 0.3) is 0 Å². The van der Waals surface area contributed by atoms with Crippen molar-refractivity contribution in [1.82, 2.24) is 0 Å². The van der Waals surface area contributed by atoms with E-state index in [-0.39, 0.29) is 5.41 Å². The second-order valence-corrected chi connectivity index (χ2v) is 4.62. The van der Waals surface area contributed by atoms with Gasteiger partial charge in [-0.2, -0.15) is 0 Å². The quantitative estimate of drug-likeness (QED) is 0.672. The third-order valence-corrected chi connectivity index (χ3v) is 1.79. The van der Waals surface area contributed by atoms with Gasteiger partial charge in [0.15, 0.2) is 0 Å². The molecule has 0 aromatic rings. The van der Waals surface area contributed by atoms with E-state index in [2.05, 4.69) is 20.8 Å². The average molecular weight is 188 g/mol. The van der Waals surface area contributed by atoms with E-state index in [0.29, 0.717) is 13.2 Å². The lowest BCUT2D eigenvalue weighted by molar-refractivity contribution is -0.143. The maximum Gasteiger partial charge on any atom is 0.308 e. The number of rotatable bonds is 5. The van der Waals surface area contributed by atoms with Crippen LogP contribution in [-0.2, 0) is 9.53 Å². The minimum atomic E-state index is -0.796. The second kappa shape index (κ2) is 5.22. The summed E-state index contributed by atoms with van der Waals surface area (Å²) in [6.07, 6.45) is 0.958. The molecule has 0 rings (SSSR count). The number of carboxylic acid groups (broad SMARTS) is 1. The molecule has 78 valence electrons. The molecule has 0 radical (unpaired) electrons. The van der Waals surface area contributed by atoms with Crippen LogP contribution in [0.3, 0.4) is 0 Å². The summed E-state index contributed by atoms with van der Waals surface area (Å²) in [4.78, 5) is 10.4. The molecule has 0 saturated heterocycles. The number of hydrogen-bond acceptors (Lipinski definition) is 2. The largest absolute Gasteiger partial charge is 0.481 e. The Morgan fingerprint density at radius 2 is 2.00 bits per heavy atom. The maximum atomic E-state index is 10.4. The molecule has 0 fully saturated rings. The van der Waals surface area contributed by atoms with Crippen molar-refractivity contribution >= 4 is 5.97 Å². The van der Waals surface area contributed by atoms with Gasteiger partial charge in [-0.1, -0.05) is 20.8 Å². The van der Waals surface area contributed by atoms with E-state index in [4.69, 9.17) is 9.84 Å². The van der Waals surface area contributed by atoms with E-state index in [1.54, 1.807) is 6.92 Å². The molecule has 3 heteroatoms. The van der Waals surface area contributed by atoms with Gasteiger partial charge in [0.2, 0.25) is 0 Å². The molecule has 0 aliphatic carbocycles. The van der Waals surface area contributed by atoms with Gasteiger partial charge in [-0.05, 0) is 18.8 Å². The lowest BCUT2D eigenvalue weighted by Crippen LogP contribution is -2.18. The van der Waals surface area contributed by atoms with Crippen LogP contribution in [0, 0.1) is 11.3 Å². The summed E-state index contributed by atoms with van der Waals surface area (Å²) in [5.41, 5.74) is 0.256. The van der Waals surface area contributed by atoms with Crippen molar-refractivity contribution < 1.29 is 14.6 Å². The highest BCUT2D eigenvalue weighted by atomic mass is 16.5. The summed E-state index contributed by atoms with van der Waals surface area (Å²) >= 11 is 0. The highest BCUT2D eigenvalue weighted by molar-refractivity contribution is 5.69. The molecule has 0 bridgehead atoms. The molecule has 0 amide bonds. The molecular formula is C10H20O3. The second-order valence-electron chi connectivity index (χ2n) is 4.62. The number of hydrogen-bond donors (Lipinski definition) is 1. The molecule has 1 atom stereocenters. The Morgan fingerprint density at radius 1 is 1.46 bits per heavy atom. The fourth-order valence-corrected chi connectivity index (χ4v) is 0.710. The molecule has 0 saturated carbocycles. The summed E-state index contributed by atoms with van der Waals surface area (Å²) in [5.74, 6) is -1.20. The van der Waals surface area contributed by atoms with Gasteiger partial charge >= 0.3 is 5.97 Å². The predicted octanol–water partition coefficient (Wildman–Crippen LogP) is 2.16. The number of ether oxygens (including phenoxy) is 1. The van der Waals surface area contributed by atoms with Crippen LogP contribution in [0.1, 0.15) is 34.1 Å². The fourth-order valence-electron chi connectivity index (χ4n) is 0.710. The van der Waals surface area contributed by atoms with Crippen LogP contribution in [0.2, 0.25) is 0 Å². The van der Waals surface area contributed by atoms with Crippen LogP contribution in [0.25, 0.3) is 0 Å². The standard InChI is InChI=1S/C10H20O3/c1-8(9(11)12)7-13-6-5-10(2,3)4/h8H,5-7H2,1-4H3,(H,11,12).